The van der Waals surface area contributed by atoms with Crippen molar-refractivity contribution in [2.75, 3.05) is 6.26 Å². The van der Waals surface area contributed by atoms with Gasteiger partial charge in [0.1, 0.15) is 5.75 Å². The predicted molar refractivity (Wildman–Crippen MR) is 84.0 cm³/mol. The molecule has 1 aliphatic carbocycles. The molecule has 0 aliphatic heterocycles. The molecule has 0 heterocycles. The molecule has 1 aromatic rings. The number of rotatable bonds is 6. The molecule has 1 fully saturated rings. The van der Waals surface area contributed by atoms with Gasteiger partial charge in [-0.1, -0.05) is 12.1 Å². The second kappa shape index (κ2) is 7.20. The Morgan fingerprint density at radius 1 is 1.32 bits per heavy atom. The molecule has 1 aromatic carbocycles. The highest BCUT2D eigenvalue weighted by molar-refractivity contribution is 7.99. The number of benzene rings is 1. The highest BCUT2D eigenvalue weighted by Gasteiger charge is 2.24. The average molecular weight is 279 g/mol. The van der Waals surface area contributed by atoms with Crippen molar-refractivity contribution in [3.8, 4) is 5.75 Å². The first-order valence-corrected chi connectivity index (χ1v) is 8.53. The third-order valence-electron chi connectivity index (χ3n) is 4.04. The highest BCUT2D eigenvalue weighted by atomic mass is 32.2. The van der Waals surface area contributed by atoms with Crippen LogP contribution in [0.1, 0.15) is 38.2 Å². The van der Waals surface area contributed by atoms with Crippen LogP contribution in [0.4, 0.5) is 0 Å². The van der Waals surface area contributed by atoms with Crippen molar-refractivity contribution in [2.24, 2.45) is 0 Å². The molecular weight excluding hydrogens is 254 g/mol. The number of hydrogen-bond acceptors (Lipinski definition) is 3. The van der Waals surface area contributed by atoms with E-state index in [0.29, 0.717) is 17.8 Å². The van der Waals surface area contributed by atoms with Crippen molar-refractivity contribution >= 4 is 11.8 Å². The molecule has 1 saturated carbocycles. The normalized spacial score (nSPS) is 24.5. The first kappa shape index (κ1) is 14.7. The number of phenolic OH excluding ortho intramolecular Hbond substituents is 1. The Morgan fingerprint density at radius 2 is 2.05 bits per heavy atom. The van der Waals surface area contributed by atoms with E-state index in [4.69, 9.17) is 0 Å². The van der Waals surface area contributed by atoms with E-state index in [-0.39, 0.29) is 0 Å². The predicted octanol–water partition coefficient (Wildman–Crippen LogP) is 3.59. The fourth-order valence-electron chi connectivity index (χ4n) is 2.84. The third-order valence-corrected chi connectivity index (χ3v) is 5.14. The first-order valence-electron chi connectivity index (χ1n) is 7.24. The lowest BCUT2D eigenvalue weighted by atomic mass is 10.1. The van der Waals surface area contributed by atoms with Gasteiger partial charge in [0.2, 0.25) is 0 Å². The van der Waals surface area contributed by atoms with Gasteiger partial charge in [0.05, 0.1) is 0 Å². The Kier molecular flexibility index (Phi) is 5.59. The minimum absolute atomic E-state index is 0.351. The van der Waals surface area contributed by atoms with Crippen LogP contribution in [0.3, 0.4) is 0 Å². The lowest BCUT2D eigenvalue weighted by molar-refractivity contribution is 0.432. The van der Waals surface area contributed by atoms with Crippen LogP contribution in [-0.4, -0.2) is 28.7 Å². The maximum Gasteiger partial charge on any atom is 0.115 e. The van der Waals surface area contributed by atoms with Crippen molar-refractivity contribution in [1.82, 2.24) is 5.32 Å². The SMILES string of the molecule is CSC1CCC(NC(C)CCc2ccc(O)cc2)C1. The number of aryl methyl sites for hydroxylation is 1. The lowest BCUT2D eigenvalue weighted by Gasteiger charge is -2.19. The molecule has 2 nitrogen and oxygen atoms in total. The zero-order chi connectivity index (χ0) is 13.7. The van der Waals surface area contributed by atoms with Gasteiger partial charge in [-0.2, -0.15) is 11.8 Å². The molecule has 19 heavy (non-hydrogen) atoms. The summed E-state index contributed by atoms with van der Waals surface area (Å²) < 4.78 is 0. The summed E-state index contributed by atoms with van der Waals surface area (Å²) in [6.07, 6.45) is 8.48. The topological polar surface area (TPSA) is 32.3 Å². The summed E-state index contributed by atoms with van der Waals surface area (Å²) in [4.78, 5) is 0. The summed E-state index contributed by atoms with van der Waals surface area (Å²) in [6, 6.07) is 8.86. The molecule has 0 radical (unpaired) electrons. The molecule has 106 valence electrons. The monoisotopic (exact) mass is 279 g/mol. The number of aromatic hydroxyl groups is 1. The highest BCUT2D eigenvalue weighted by Crippen LogP contribution is 2.28. The Bertz CT molecular complexity index is 379. The van der Waals surface area contributed by atoms with Crippen molar-refractivity contribution in [2.45, 2.75) is 56.4 Å². The Hall–Kier alpha value is -0.670. The Labute approximate surface area is 121 Å². The van der Waals surface area contributed by atoms with E-state index in [0.717, 1.165) is 18.1 Å². The molecule has 0 amide bonds. The fourth-order valence-corrected chi connectivity index (χ4v) is 3.63. The van der Waals surface area contributed by atoms with Gasteiger partial charge in [0.15, 0.2) is 0 Å². The maximum atomic E-state index is 9.26. The van der Waals surface area contributed by atoms with Gasteiger partial charge in [-0.15, -0.1) is 0 Å². The van der Waals surface area contributed by atoms with E-state index in [1.807, 2.05) is 23.9 Å². The summed E-state index contributed by atoms with van der Waals surface area (Å²) in [5, 5.41) is 13.9. The zero-order valence-electron chi connectivity index (χ0n) is 11.9. The Balaban J connectivity index is 1.70. The molecule has 0 aromatic heterocycles. The number of nitrogens with one attached hydrogen (secondary N) is 1. The van der Waals surface area contributed by atoms with Gasteiger partial charge in [-0.25, -0.2) is 0 Å². The van der Waals surface area contributed by atoms with Gasteiger partial charge < -0.3 is 10.4 Å². The molecule has 0 bridgehead atoms. The maximum absolute atomic E-state index is 9.26. The van der Waals surface area contributed by atoms with Crippen LogP contribution in [0.2, 0.25) is 0 Å². The zero-order valence-corrected chi connectivity index (χ0v) is 12.7. The van der Waals surface area contributed by atoms with Crippen LogP contribution in [-0.2, 0) is 6.42 Å². The third kappa shape index (κ3) is 4.73. The number of phenols is 1. The van der Waals surface area contributed by atoms with Crippen LogP contribution >= 0.6 is 11.8 Å². The minimum atomic E-state index is 0.351. The average Bonchev–Trinajstić information content (AvgIpc) is 2.86. The molecule has 3 atom stereocenters. The Morgan fingerprint density at radius 3 is 2.68 bits per heavy atom. The van der Waals surface area contributed by atoms with Crippen LogP contribution in [0.15, 0.2) is 24.3 Å². The largest absolute Gasteiger partial charge is 0.508 e. The lowest BCUT2D eigenvalue weighted by Crippen LogP contribution is -2.35. The molecule has 0 spiro atoms. The molecule has 1 aliphatic rings. The van der Waals surface area contributed by atoms with E-state index in [1.54, 1.807) is 12.1 Å². The molecule has 0 saturated heterocycles. The van der Waals surface area contributed by atoms with Crippen LogP contribution < -0.4 is 5.32 Å². The molecule has 3 heteroatoms. The van der Waals surface area contributed by atoms with Crippen LogP contribution in [0, 0.1) is 0 Å². The smallest absolute Gasteiger partial charge is 0.115 e. The van der Waals surface area contributed by atoms with Crippen LogP contribution in [0.25, 0.3) is 0 Å². The fraction of sp³-hybridized carbons (Fsp3) is 0.625. The second-order valence-corrected chi connectivity index (χ2v) is 6.78. The molecule has 2 rings (SSSR count). The van der Waals surface area contributed by atoms with E-state index >= 15 is 0 Å². The molecular formula is C16H25NOS. The van der Waals surface area contributed by atoms with Gasteiger partial charge in [-0.05, 0) is 63.0 Å². The van der Waals surface area contributed by atoms with Crippen molar-refractivity contribution < 1.29 is 5.11 Å². The first-order chi connectivity index (χ1) is 9.17. The summed E-state index contributed by atoms with van der Waals surface area (Å²) in [6.45, 7) is 2.28. The number of thioether (sulfide) groups is 1. The summed E-state index contributed by atoms with van der Waals surface area (Å²) >= 11 is 2.01. The summed E-state index contributed by atoms with van der Waals surface area (Å²) in [7, 11) is 0. The van der Waals surface area contributed by atoms with Crippen molar-refractivity contribution in [3.63, 3.8) is 0 Å². The van der Waals surface area contributed by atoms with Crippen molar-refractivity contribution in [1.29, 1.82) is 0 Å². The molecule has 3 unspecified atom stereocenters. The minimum Gasteiger partial charge on any atom is -0.508 e. The van der Waals surface area contributed by atoms with E-state index in [1.165, 1.54) is 24.8 Å². The van der Waals surface area contributed by atoms with E-state index in [2.05, 4.69) is 18.5 Å². The van der Waals surface area contributed by atoms with Gasteiger partial charge in [0.25, 0.3) is 0 Å². The van der Waals surface area contributed by atoms with E-state index in [9.17, 15) is 5.11 Å². The standard InChI is InChI=1S/C16H25NOS/c1-12(17-14-7-10-16(11-14)19-2)3-4-13-5-8-15(18)9-6-13/h5-6,8-9,12,14,16-18H,3-4,7,10-11H2,1-2H3. The van der Waals surface area contributed by atoms with Gasteiger partial charge in [0, 0.05) is 17.3 Å². The second-order valence-electron chi connectivity index (χ2n) is 5.64. The summed E-state index contributed by atoms with van der Waals surface area (Å²) in [5.41, 5.74) is 1.31. The molecule has 2 N–H and O–H groups in total. The van der Waals surface area contributed by atoms with Gasteiger partial charge >= 0.3 is 0 Å². The van der Waals surface area contributed by atoms with E-state index < -0.39 is 0 Å². The quantitative estimate of drug-likeness (QED) is 0.834. The van der Waals surface area contributed by atoms with Crippen molar-refractivity contribution in [3.05, 3.63) is 29.8 Å². The van der Waals surface area contributed by atoms with Gasteiger partial charge in [-0.3, -0.25) is 0 Å². The van der Waals surface area contributed by atoms with Crippen LogP contribution in [0.5, 0.6) is 5.75 Å². The number of hydrogen-bond donors (Lipinski definition) is 2. The summed E-state index contributed by atoms with van der Waals surface area (Å²) in [5.74, 6) is 0.351.